The fourth-order valence-electron chi connectivity index (χ4n) is 3.04. The molecule has 0 radical (unpaired) electrons. The second kappa shape index (κ2) is 9.14. The molecule has 0 aliphatic carbocycles. The van der Waals surface area contributed by atoms with Crippen molar-refractivity contribution in [2.45, 2.75) is 27.3 Å². The van der Waals surface area contributed by atoms with E-state index in [-0.39, 0.29) is 0 Å². The molecule has 2 aromatic carbocycles. The first kappa shape index (κ1) is 20.3. The zero-order valence-electron chi connectivity index (χ0n) is 16.7. The normalized spacial score (nSPS) is 10.7. The molecule has 0 atom stereocenters. The van der Waals surface area contributed by atoms with Crippen LogP contribution in [-0.4, -0.2) is 6.54 Å². The van der Waals surface area contributed by atoms with E-state index in [1.165, 1.54) is 16.9 Å². The Kier molecular flexibility index (Phi) is 6.39. The van der Waals surface area contributed by atoms with Gasteiger partial charge in [-0.15, -0.1) is 21.6 Å². The van der Waals surface area contributed by atoms with Crippen LogP contribution in [-0.2, 0) is 6.54 Å². The van der Waals surface area contributed by atoms with Crippen molar-refractivity contribution < 1.29 is 0 Å². The lowest BCUT2D eigenvalue weighted by molar-refractivity contribution is 0.831. The molecule has 0 amide bonds. The summed E-state index contributed by atoms with van der Waals surface area (Å²) in [5, 5.41) is 27.6. The highest BCUT2D eigenvalue weighted by molar-refractivity contribution is 7.16. The Morgan fingerprint density at radius 1 is 1.00 bits per heavy atom. The SMILES string of the molecule is CCN(Cc1ccccc1)c1ccc(/N=N/c2sc(C#N)c(C)c2C#N)c(C)c1. The predicted molar refractivity (Wildman–Crippen MR) is 117 cm³/mol. The van der Waals surface area contributed by atoms with Gasteiger partial charge in [-0.05, 0) is 55.7 Å². The number of thiophene rings is 1. The van der Waals surface area contributed by atoms with Crippen molar-refractivity contribution >= 4 is 27.7 Å². The predicted octanol–water partition coefficient (Wildman–Crippen LogP) is 6.55. The van der Waals surface area contributed by atoms with Gasteiger partial charge in [0.1, 0.15) is 17.0 Å². The summed E-state index contributed by atoms with van der Waals surface area (Å²) in [6.07, 6.45) is 0. The Labute approximate surface area is 175 Å². The zero-order chi connectivity index (χ0) is 20.8. The van der Waals surface area contributed by atoms with Crippen molar-refractivity contribution in [1.29, 1.82) is 10.5 Å². The van der Waals surface area contributed by atoms with Crippen molar-refractivity contribution in [3.8, 4) is 12.1 Å². The van der Waals surface area contributed by atoms with E-state index < -0.39 is 0 Å². The van der Waals surface area contributed by atoms with Crippen molar-refractivity contribution in [2.75, 3.05) is 11.4 Å². The summed E-state index contributed by atoms with van der Waals surface area (Å²) in [4.78, 5) is 2.81. The monoisotopic (exact) mass is 399 g/mol. The Balaban J connectivity index is 1.84. The average Bonchev–Trinajstić information content (AvgIpc) is 3.06. The third-order valence-electron chi connectivity index (χ3n) is 4.73. The highest BCUT2D eigenvalue weighted by Crippen LogP contribution is 2.36. The van der Waals surface area contributed by atoms with Gasteiger partial charge < -0.3 is 4.90 Å². The van der Waals surface area contributed by atoms with E-state index in [0.29, 0.717) is 21.0 Å². The topological polar surface area (TPSA) is 75.5 Å². The molecule has 3 rings (SSSR count). The van der Waals surface area contributed by atoms with Crippen molar-refractivity contribution in [1.82, 2.24) is 0 Å². The molecule has 1 heterocycles. The first-order chi connectivity index (χ1) is 14.1. The maximum absolute atomic E-state index is 9.35. The lowest BCUT2D eigenvalue weighted by atomic mass is 10.1. The van der Waals surface area contributed by atoms with E-state index in [1.807, 2.05) is 25.1 Å². The number of benzene rings is 2. The molecular formula is C23H21N5S. The summed E-state index contributed by atoms with van der Waals surface area (Å²) in [7, 11) is 0. The fourth-order valence-corrected chi connectivity index (χ4v) is 3.92. The number of hydrogen-bond donors (Lipinski definition) is 0. The van der Waals surface area contributed by atoms with Crippen LogP contribution in [0.1, 0.15) is 34.1 Å². The number of anilines is 1. The lowest BCUT2D eigenvalue weighted by Crippen LogP contribution is -2.21. The van der Waals surface area contributed by atoms with Crippen molar-refractivity contribution in [2.24, 2.45) is 10.2 Å². The molecule has 0 aliphatic heterocycles. The maximum atomic E-state index is 9.35. The van der Waals surface area contributed by atoms with Gasteiger partial charge in [0.05, 0.1) is 11.3 Å². The first-order valence-corrected chi connectivity index (χ1v) is 10.1. The van der Waals surface area contributed by atoms with E-state index in [1.54, 1.807) is 6.92 Å². The number of hydrogen-bond acceptors (Lipinski definition) is 6. The van der Waals surface area contributed by atoms with Crippen LogP contribution in [0.2, 0.25) is 0 Å². The summed E-state index contributed by atoms with van der Waals surface area (Å²) < 4.78 is 0. The third kappa shape index (κ3) is 4.51. The van der Waals surface area contributed by atoms with E-state index in [0.717, 1.165) is 30.0 Å². The molecule has 5 nitrogen and oxygen atoms in total. The summed E-state index contributed by atoms with van der Waals surface area (Å²) in [6.45, 7) is 7.64. The van der Waals surface area contributed by atoms with Crippen molar-refractivity contribution in [3.63, 3.8) is 0 Å². The molecular weight excluding hydrogens is 378 g/mol. The average molecular weight is 400 g/mol. The van der Waals surface area contributed by atoms with Crippen molar-refractivity contribution in [3.05, 3.63) is 75.7 Å². The minimum atomic E-state index is 0.421. The van der Waals surface area contributed by atoms with Crippen LogP contribution in [0, 0.1) is 36.5 Å². The second-order valence-electron chi connectivity index (χ2n) is 6.63. The molecule has 0 aliphatic rings. The van der Waals surface area contributed by atoms with Gasteiger partial charge in [-0.2, -0.15) is 10.5 Å². The Bertz CT molecular complexity index is 1120. The lowest BCUT2D eigenvalue weighted by Gasteiger charge is -2.24. The largest absolute Gasteiger partial charge is 0.367 e. The van der Waals surface area contributed by atoms with Gasteiger partial charge in [0.2, 0.25) is 0 Å². The van der Waals surface area contributed by atoms with Crippen LogP contribution in [0.3, 0.4) is 0 Å². The van der Waals surface area contributed by atoms with Crippen LogP contribution < -0.4 is 4.90 Å². The van der Waals surface area contributed by atoms with Gasteiger partial charge in [-0.3, -0.25) is 0 Å². The molecule has 0 N–H and O–H groups in total. The molecule has 6 heteroatoms. The standard InChI is InChI=1S/C23H21N5S/c1-4-28(15-18-8-6-5-7-9-18)19-10-11-21(16(2)12-19)26-27-23-20(13-24)17(3)22(14-25)29-23/h5-12H,4,15H2,1-3H3/b27-26+. The first-order valence-electron chi connectivity index (χ1n) is 9.32. The summed E-state index contributed by atoms with van der Waals surface area (Å²) >= 11 is 1.20. The smallest absolute Gasteiger partial charge is 0.158 e. The van der Waals surface area contributed by atoms with Crippen LogP contribution in [0.5, 0.6) is 0 Å². The van der Waals surface area contributed by atoms with E-state index >= 15 is 0 Å². The van der Waals surface area contributed by atoms with Gasteiger partial charge in [0.15, 0.2) is 5.00 Å². The molecule has 0 unspecified atom stereocenters. The van der Waals surface area contributed by atoms with Crippen LogP contribution >= 0.6 is 11.3 Å². The van der Waals surface area contributed by atoms with Gasteiger partial charge in [0, 0.05) is 18.8 Å². The summed E-state index contributed by atoms with van der Waals surface area (Å²) in [5.41, 5.74) is 5.23. The molecule has 1 aromatic heterocycles. The minimum Gasteiger partial charge on any atom is -0.367 e. The maximum Gasteiger partial charge on any atom is 0.158 e. The third-order valence-corrected chi connectivity index (χ3v) is 5.81. The number of aryl methyl sites for hydroxylation is 1. The number of nitriles is 2. The Morgan fingerprint density at radius 2 is 1.76 bits per heavy atom. The fraction of sp³-hybridized carbons (Fsp3) is 0.217. The quantitative estimate of drug-likeness (QED) is 0.441. The summed E-state index contributed by atoms with van der Waals surface area (Å²) in [6, 6.07) is 20.7. The molecule has 0 fully saturated rings. The van der Waals surface area contributed by atoms with Gasteiger partial charge in [-0.25, -0.2) is 0 Å². The van der Waals surface area contributed by atoms with Gasteiger partial charge in [-0.1, -0.05) is 30.3 Å². The minimum absolute atomic E-state index is 0.421. The highest BCUT2D eigenvalue weighted by atomic mass is 32.1. The molecule has 144 valence electrons. The Hall–Kier alpha value is -3.48. The number of nitrogens with zero attached hydrogens (tertiary/aromatic N) is 5. The Morgan fingerprint density at radius 3 is 2.38 bits per heavy atom. The van der Waals surface area contributed by atoms with Crippen LogP contribution in [0.4, 0.5) is 16.4 Å². The molecule has 0 bridgehead atoms. The van der Waals surface area contributed by atoms with Crippen LogP contribution in [0.25, 0.3) is 0 Å². The second-order valence-corrected chi connectivity index (χ2v) is 7.63. The van der Waals surface area contributed by atoms with E-state index in [2.05, 4.69) is 64.5 Å². The number of azo groups is 1. The van der Waals surface area contributed by atoms with E-state index in [9.17, 15) is 5.26 Å². The zero-order valence-corrected chi connectivity index (χ0v) is 17.5. The van der Waals surface area contributed by atoms with Gasteiger partial charge in [0.25, 0.3) is 0 Å². The molecule has 29 heavy (non-hydrogen) atoms. The molecule has 0 spiro atoms. The molecule has 0 saturated carbocycles. The van der Waals surface area contributed by atoms with E-state index in [4.69, 9.17) is 5.26 Å². The van der Waals surface area contributed by atoms with Crippen LogP contribution in [0.15, 0.2) is 58.8 Å². The molecule has 3 aromatic rings. The molecule has 0 saturated heterocycles. The summed E-state index contributed by atoms with van der Waals surface area (Å²) in [5.74, 6) is 0. The number of rotatable bonds is 6. The highest BCUT2D eigenvalue weighted by Gasteiger charge is 2.14. The van der Waals surface area contributed by atoms with Gasteiger partial charge >= 0.3 is 0 Å².